The van der Waals surface area contributed by atoms with Gasteiger partial charge < -0.3 is 5.73 Å². The van der Waals surface area contributed by atoms with E-state index in [1.54, 1.807) is 0 Å². The third-order valence-corrected chi connectivity index (χ3v) is 5.94. The highest BCUT2D eigenvalue weighted by atomic mass is 14.5. The molecule has 0 amide bonds. The van der Waals surface area contributed by atoms with Crippen LogP contribution in [0.15, 0.2) is 60.7 Å². The molecule has 2 aromatic rings. The fourth-order valence-corrected chi connectivity index (χ4v) is 4.11. The van der Waals surface area contributed by atoms with Gasteiger partial charge in [0.05, 0.1) is 0 Å². The van der Waals surface area contributed by atoms with Crippen LogP contribution in [0.1, 0.15) is 62.3 Å². The van der Waals surface area contributed by atoms with E-state index in [4.69, 9.17) is 5.73 Å². The van der Waals surface area contributed by atoms with Crippen molar-refractivity contribution in [1.82, 2.24) is 0 Å². The molecule has 28 heavy (non-hydrogen) atoms. The average molecular weight is 378 g/mol. The lowest BCUT2D eigenvalue weighted by atomic mass is 9.79. The van der Waals surface area contributed by atoms with E-state index < -0.39 is 0 Å². The van der Waals surface area contributed by atoms with Crippen molar-refractivity contribution >= 4 is 0 Å². The van der Waals surface area contributed by atoms with Crippen LogP contribution in [0, 0.1) is 11.8 Å². The van der Waals surface area contributed by atoms with Gasteiger partial charge in [0, 0.05) is 0 Å². The number of hydrogen-bond donors (Lipinski definition) is 1. The van der Waals surface area contributed by atoms with Crippen LogP contribution >= 0.6 is 0 Å². The van der Waals surface area contributed by atoms with E-state index in [9.17, 15) is 0 Å². The van der Waals surface area contributed by atoms with E-state index >= 15 is 0 Å². The zero-order chi connectivity index (χ0) is 20.4. The lowest BCUT2D eigenvalue weighted by molar-refractivity contribution is 0.347. The summed E-state index contributed by atoms with van der Waals surface area (Å²) in [5.74, 6) is 1.23. The van der Waals surface area contributed by atoms with Gasteiger partial charge in [0.1, 0.15) is 0 Å². The standard InChI is InChI=1S/C27H39N/c1-5-23-11-7-13-25(17-23)19-27(22(4)16-21(3)10-9-15-28)20-26-14-8-12-24(6-2)18-26/h7-8,11-14,17-18,22,27H,3,5-6,9-10,15-16,19-20,28H2,1-2,4H3. The van der Waals surface area contributed by atoms with Crippen molar-refractivity contribution in [3.8, 4) is 0 Å². The number of nitrogens with two attached hydrogens (primary N) is 1. The Balaban J connectivity index is 2.16. The molecule has 0 saturated carbocycles. The van der Waals surface area contributed by atoms with Crippen molar-refractivity contribution in [2.75, 3.05) is 6.54 Å². The van der Waals surface area contributed by atoms with Crippen molar-refractivity contribution in [2.45, 2.75) is 65.7 Å². The van der Waals surface area contributed by atoms with E-state index in [1.165, 1.54) is 27.8 Å². The molecule has 1 nitrogen and oxygen atoms in total. The Bertz CT molecular complexity index is 681. The normalized spacial score (nSPS) is 12.3. The molecular formula is C27H39N. The molecule has 1 unspecified atom stereocenters. The van der Waals surface area contributed by atoms with Crippen LogP contribution in [0.3, 0.4) is 0 Å². The highest BCUT2D eigenvalue weighted by molar-refractivity contribution is 5.26. The van der Waals surface area contributed by atoms with Gasteiger partial charge in [-0.25, -0.2) is 0 Å². The molecule has 0 aliphatic heterocycles. The molecular weight excluding hydrogens is 338 g/mol. The fourth-order valence-electron chi connectivity index (χ4n) is 4.11. The smallest absolute Gasteiger partial charge is 0.00742 e. The molecule has 2 aromatic carbocycles. The maximum atomic E-state index is 5.69. The van der Waals surface area contributed by atoms with Crippen molar-refractivity contribution in [3.05, 3.63) is 82.9 Å². The SMILES string of the molecule is C=C(CCCN)CC(C)C(Cc1cccc(CC)c1)Cc1cccc(CC)c1. The van der Waals surface area contributed by atoms with Crippen LogP contribution < -0.4 is 5.73 Å². The van der Waals surface area contributed by atoms with Gasteiger partial charge in [-0.3, -0.25) is 0 Å². The van der Waals surface area contributed by atoms with E-state index in [0.717, 1.165) is 51.5 Å². The van der Waals surface area contributed by atoms with Crippen LogP contribution in [0.2, 0.25) is 0 Å². The molecule has 2 N–H and O–H groups in total. The molecule has 0 fully saturated rings. The Morgan fingerprint density at radius 2 is 1.39 bits per heavy atom. The van der Waals surface area contributed by atoms with E-state index in [1.807, 2.05) is 0 Å². The maximum absolute atomic E-state index is 5.69. The monoisotopic (exact) mass is 377 g/mol. The summed E-state index contributed by atoms with van der Waals surface area (Å²) in [6, 6.07) is 18.3. The fraction of sp³-hybridized carbons (Fsp3) is 0.481. The molecule has 1 atom stereocenters. The lowest BCUT2D eigenvalue weighted by Crippen LogP contribution is -2.18. The first-order chi connectivity index (χ1) is 13.5. The molecule has 0 aliphatic carbocycles. The Hall–Kier alpha value is -1.86. The van der Waals surface area contributed by atoms with Gasteiger partial charge in [-0.05, 0) is 85.6 Å². The van der Waals surface area contributed by atoms with Gasteiger partial charge in [0.25, 0.3) is 0 Å². The number of hydrogen-bond acceptors (Lipinski definition) is 1. The van der Waals surface area contributed by atoms with Crippen molar-refractivity contribution in [3.63, 3.8) is 0 Å². The Labute approximate surface area is 173 Å². The number of benzene rings is 2. The summed E-state index contributed by atoms with van der Waals surface area (Å²) in [5, 5.41) is 0. The first-order valence-electron chi connectivity index (χ1n) is 11.1. The van der Waals surface area contributed by atoms with Crippen LogP contribution in [0.4, 0.5) is 0 Å². The lowest BCUT2D eigenvalue weighted by Gasteiger charge is -2.26. The predicted molar refractivity (Wildman–Crippen MR) is 124 cm³/mol. The topological polar surface area (TPSA) is 26.0 Å². The zero-order valence-electron chi connectivity index (χ0n) is 18.2. The minimum absolute atomic E-state index is 0.612. The average Bonchev–Trinajstić information content (AvgIpc) is 2.72. The van der Waals surface area contributed by atoms with Gasteiger partial charge in [-0.15, -0.1) is 0 Å². The number of aryl methyl sites for hydroxylation is 2. The van der Waals surface area contributed by atoms with Crippen LogP contribution in [-0.2, 0) is 25.7 Å². The third-order valence-electron chi connectivity index (χ3n) is 5.94. The maximum Gasteiger partial charge on any atom is -0.00742 e. The molecule has 0 bridgehead atoms. The van der Waals surface area contributed by atoms with Crippen LogP contribution in [0.25, 0.3) is 0 Å². The summed E-state index contributed by atoms with van der Waals surface area (Å²) in [7, 11) is 0. The Morgan fingerprint density at radius 3 is 1.86 bits per heavy atom. The van der Waals surface area contributed by atoms with E-state index in [0.29, 0.717) is 11.8 Å². The third kappa shape index (κ3) is 7.28. The predicted octanol–water partition coefficient (Wildman–Crippen LogP) is 6.53. The Kier molecular flexibility index (Phi) is 9.50. The molecule has 0 aromatic heterocycles. The van der Waals surface area contributed by atoms with Gasteiger partial charge in [0.2, 0.25) is 0 Å². The molecule has 0 aliphatic rings. The second kappa shape index (κ2) is 11.9. The van der Waals surface area contributed by atoms with Crippen molar-refractivity contribution in [1.29, 1.82) is 0 Å². The molecule has 1 heteroatoms. The molecule has 0 spiro atoms. The van der Waals surface area contributed by atoms with Crippen molar-refractivity contribution < 1.29 is 0 Å². The molecule has 152 valence electrons. The second-order valence-corrected chi connectivity index (χ2v) is 8.34. The summed E-state index contributed by atoms with van der Waals surface area (Å²) in [6.45, 7) is 12.0. The van der Waals surface area contributed by atoms with Gasteiger partial charge in [-0.2, -0.15) is 0 Å². The first kappa shape index (κ1) is 22.4. The quantitative estimate of drug-likeness (QED) is 0.418. The van der Waals surface area contributed by atoms with E-state index in [2.05, 4.69) is 75.9 Å². The highest BCUT2D eigenvalue weighted by Crippen LogP contribution is 2.28. The highest BCUT2D eigenvalue weighted by Gasteiger charge is 2.20. The molecule has 0 heterocycles. The summed E-state index contributed by atoms with van der Waals surface area (Å²) in [4.78, 5) is 0. The summed E-state index contributed by atoms with van der Waals surface area (Å²) < 4.78 is 0. The largest absolute Gasteiger partial charge is 0.330 e. The van der Waals surface area contributed by atoms with Gasteiger partial charge in [-0.1, -0.05) is 81.5 Å². The van der Waals surface area contributed by atoms with Gasteiger partial charge in [0.15, 0.2) is 0 Å². The summed E-state index contributed by atoms with van der Waals surface area (Å²) in [5.41, 5.74) is 12.8. The zero-order valence-corrected chi connectivity index (χ0v) is 18.2. The summed E-state index contributed by atoms with van der Waals surface area (Å²) >= 11 is 0. The Morgan fingerprint density at radius 1 is 0.893 bits per heavy atom. The molecule has 0 radical (unpaired) electrons. The molecule has 2 rings (SSSR count). The number of allylic oxidation sites excluding steroid dienone is 1. The minimum Gasteiger partial charge on any atom is -0.330 e. The first-order valence-corrected chi connectivity index (χ1v) is 11.1. The van der Waals surface area contributed by atoms with Crippen LogP contribution in [0.5, 0.6) is 0 Å². The minimum atomic E-state index is 0.612. The van der Waals surface area contributed by atoms with Crippen molar-refractivity contribution in [2.24, 2.45) is 17.6 Å². The summed E-state index contributed by atoms with van der Waals surface area (Å²) in [6.07, 6.45) is 7.68. The second-order valence-electron chi connectivity index (χ2n) is 8.34. The molecule has 0 saturated heterocycles. The van der Waals surface area contributed by atoms with E-state index in [-0.39, 0.29) is 0 Å². The van der Waals surface area contributed by atoms with Gasteiger partial charge >= 0.3 is 0 Å². The number of rotatable bonds is 12. The van der Waals surface area contributed by atoms with Crippen LogP contribution in [-0.4, -0.2) is 6.54 Å².